The van der Waals surface area contributed by atoms with E-state index in [2.05, 4.69) is 25.7 Å². The van der Waals surface area contributed by atoms with Crippen LogP contribution in [0.1, 0.15) is 46.5 Å². The lowest BCUT2D eigenvalue weighted by atomic mass is 9.82. The molecule has 1 aliphatic rings. The summed E-state index contributed by atoms with van der Waals surface area (Å²) < 4.78 is 0. The Bertz CT molecular complexity index is 153. The van der Waals surface area contributed by atoms with Crippen molar-refractivity contribution < 1.29 is 5.11 Å². The zero-order valence-corrected chi connectivity index (χ0v) is 9.92. The molecule has 0 radical (unpaired) electrons. The van der Waals surface area contributed by atoms with Crippen molar-refractivity contribution in [3.05, 3.63) is 0 Å². The molecule has 0 saturated heterocycles. The van der Waals surface area contributed by atoms with E-state index in [4.69, 9.17) is 0 Å². The molecule has 1 aliphatic carbocycles. The molecule has 2 heteroatoms. The summed E-state index contributed by atoms with van der Waals surface area (Å²) >= 11 is 0. The molecule has 1 saturated carbocycles. The Morgan fingerprint density at radius 3 is 2.07 bits per heavy atom. The van der Waals surface area contributed by atoms with Crippen LogP contribution >= 0.6 is 0 Å². The van der Waals surface area contributed by atoms with Crippen LogP contribution < -0.4 is 0 Å². The van der Waals surface area contributed by atoms with E-state index in [9.17, 15) is 5.11 Å². The van der Waals surface area contributed by atoms with E-state index < -0.39 is 0 Å². The smallest absolute Gasteiger partial charge is 0.0499 e. The summed E-state index contributed by atoms with van der Waals surface area (Å²) in [6.07, 6.45) is 4.90. The first kappa shape index (κ1) is 12.0. The second-order valence-corrected chi connectivity index (χ2v) is 4.66. The summed E-state index contributed by atoms with van der Waals surface area (Å²) in [5, 5.41) is 9.50. The molecular weight excluding hydrogens is 174 g/mol. The molecule has 0 aromatic carbocycles. The van der Waals surface area contributed by atoms with Crippen molar-refractivity contribution in [3.63, 3.8) is 0 Å². The predicted molar refractivity (Wildman–Crippen MR) is 60.4 cm³/mol. The second-order valence-electron chi connectivity index (χ2n) is 4.66. The predicted octanol–water partition coefficient (Wildman–Crippen LogP) is 2.27. The molecule has 0 bridgehead atoms. The molecule has 0 aromatic heterocycles. The van der Waals surface area contributed by atoms with Crippen LogP contribution in [0.5, 0.6) is 0 Å². The van der Waals surface area contributed by atoms with E-state index in [0.29, 0.717) is 6.61 Å². The maximum Gasteiger partial charge on any atom is 0.0499 e. The summed E-state index contributed by atoms with van der Waals surface area (Å²) in [5.41, 5.74) is 0.151. The van der Waals surface area contributed by atoms with Gasteiger partial charge in [-0.1, -0.05) is 20.8 Å². The van der Waals surface area contributed by atoms with Gasteiger partial charge in [0.05, 0.1) is 0 Å². The lowest BCUT2D eigenvalue weighted by molar-refractivity contribution is 0.0646. The zero-order valence-electron chi connectivity index (χ0n) is 9.92. The third kappa shape index (κ3) is 2.71. The molecule has 1 fully saturated rings. The highest BCUT2D eigenvalue weighted by molar-refractivity contribution is 4.88. The van der Waals surface area contributed by atoms with Gasteiger partial charge in [0.25, 0.3) is 0 Å². The third-order valence-electron chi connectivity index (χ3n) is 3.84. The largest absolute Gasteiger partial charge is 0.396 e. The van der Waals surface area contributed by atoms with Gasteiger partial charge >= 0.3 is 0 Å². The van der Waals surface area contributed by atoms with Gasteiger partial charge in [-0.25, -0.2) is 0 Å². The van der Waals surface area contributed by atoms with Gasteiger partial charge in [0.2, 0.25) is 0 Å². The molecule has 0 unspecified atom stereocenters. The molecule has 14 heavy (non-hydrogen) atoms. The fourth-order valence-electron chi connectivity index (χ4n) is 2.12. The number of hydrogen-bond donors (Lipinski definition) is 1. The molecule has 1 N–H and O–H groups in total. The Morgan fingerprint density at radius 1 is 1.21 bits per heavy atom. The van der Waals surface area contributed by atoms with Gasteiger partial charge in [-0.2, -0.15) is 0 Å². The highest BCUT2D eigenvalue weighted by Crippen LogP contribution is 2.33. The third-order valence-corrected chi connectivity index (χ3v) is 3.84. The van der Waals surface area contributed by atoms with Crippen molar-refractivity contribution in [2.24, 2.45) is 5.41 Å². The van der Waals surface area contributed by atoms with E-state index in [1.165, 1.54) is 12.8 Å². The van der Waals surface area contributed by atoms with Crippen LogP contribution in [-0.2, 0) is 0 Å². The van der Waals surface area contributed by atoms with Crippen molar-refractivity contribution in [2.45, 2.75) is 52.5 Å². The summed E-state index contributed by atoms with van der Waals surface area (Å²) in [7, 11) is 0. The average molecular weight is 199 g/mol. The van der Waals surface area contributed by atoms with Crippen LogP contribution in [0.4, 0.5) is 0 Å². The summed E-state index contributed by atoms with van der Waals surface area (Å²) in [6, 6.07) is 0.823. The summed E-state index contributed by atoms with van der Waals surface area (Å²) in [6.45, 7) is 9.17. The van der Waals surface area contributed by atoms with Crippen LogP contribution in [0, 0.1) is 5.41 Å². The van der Waals surface area contributed by atoms with Crippen molar-refractivity contribution in [3.8, 4) is 0 Å². The van der Waals surface area contributed by atoms with Crippen LogP contribution in [-0.4, -0.2) is 35.7 Å². The normalized spacial score (nSPS) is 17.8. The van der Waals surface area contributed by atoms with E-state index in [1.807, 2.05) is 0 Å². The van der Waals surface area contributed by atoms with Gasteiger partial charge in [-0.05, 0) is 32.2 Å². The number of rotatable bonds is 7. The number of nitrogens with zero attached hydrogens (tertiary/aromatic N) is 1. The Labute approximate surface area is 88.3 Å². The first-order chi connectivity index (χ1) is 6.71. The molecule has 84 valence electrons. The first-order valence-electron chi connectivity index (χ1n) is 6.06. The van der Waals surface area contributed by atoms with Gasteiger partial charge in [-0.15, -0.1) is 0 Å². The number of aliphatic hydroxyl groups is 1. The second kappa shape index (κ2) is 5.13. The van der Waals surface area contributed by atoms with Crippen molar-refractivity contribution >= 4 is 0 Å². The first-order valence-corrected chi connectivity index (χ1v) is 6.06. The van der Waals surface area contributed by atoms with E-state index in [-0.39, 0.29) is 5.41 Å². The average Bonchev–Trinajstić information content (AvgIpc) is 3.05. The Balaban J connectivity index is 2.51. The molecule has 0 atom stereocenters. The van der Waals surface area contributed by atoms with Crippen molar-refractivity contribution in [2.75, 3.05) is 19.7 Å². The van der Waals surface area contributed by atoms with Crippen molar-refractivity contribution in [1.29, 1.82) is 0 Å². The fourth-order valence-corrected chi connectivity index (χ4v) is 2.12. The molecule has 1 rings (SSSR count). The van der Waals surface area contributed by atoms with Gasteiger partial charge in [0, 0.05) is 24.6 Å². The van der Waals surface area contributed by atoms with Crippen molar-refractivity contribution in [1.82, 2.24) is 4.90 Å². The maximum atomic E-state index is 9.50. The maximum absolute atomic E-state index is 9.50. The minimum absolute atomic E-state index is 0.151. The molecule has 0 heterocycles. The van der Waals surface area contributed by atoms with E-state index in [1.54, 1.807) is 0 Å². The molecule has 0 aromatic rings. The van der Waals surface area contributed by atoms with Gasteiger partial charge < -0.3 is 10.0 Å². The Hall–Kier alpha value is -0.0800. The molecule has 0 amide bonds. The van der Waals surface area contributed by atoms with Gasteiger partial charge in [-0.3, -0.25) is 0 Å². The molecular formula is C12H25NO. The van der Waals surface area contributed by atoms with Crippen LogP contribution in [0.15, 0.2) is 0 Å². The topological polar surface area (TPSA) is 23.5 Å². The summed E-state index contributed by atoms with van der Waals surface area (Å²) in [4.78, 5) is 2.54. The highest BCUT2D eigenvalue weighted by atomic mass is 16.3. The molecule has 2 nitrogen and oxygen atoms in total. The van der Waals surface area contributed by atoms with Gasteiger partial charge in [0.1, 0.15) is 0 Å². The quantitative estimate of drug-likeness (QED) is 0.680. The Morgan fingerprint density at radius 2 is 1.79 bits per heavy atom. The fraction of sp³-hybridized carbons (Fsp3) is 1.00. The number of aliphatic hydroxyl groups excluding tert-OH is 1. The van der Waals surface area contributed by atoms with Crippen LogP contribution in [0.3, 0.4) is 0 Å². The lowest BCUT2D eigenvalue weighted by Gasteiger charge is -2.35. The standard InChI is InChI=1S/C12H25NO/c1-4-12(5-2,10-14)9-13(6-3)11-7-8-11/h11,14H,4-10H2,1-3H3. The molecule has 0 aliphatic heterocycles. The zero-order chi connectivity index (χ0) is 10.6. The minimum atomic E-state index is 0.151. The number of hydrogen-bond acceptors (Lipinski definition) is 2. The monoisotopic (exact) mass is 199 g/mol. The van der Waals surface area contributed by atoms with E-state index >= 15 is 0 Å². The highest BCUT2D eigenvalue weighted by Gasteiger charge is 2.34. The SMILES string of the molecule is CCN(CC(CC)(CC)CO)C1CC1. The minimum Gasteiger partial charge on any atom is -0.396 e. The van der Waals surface area contributed by atoms with E-state index in [0.717, 1.165) is 32.0 Å². The summed E-state index contributed by atoms with van der Waals surface area (Å²) in [5.74, 6) is 0. The van der Waals surface area contributed by atoms with Crippen LogP contribution in [0.25, 0.3) is 0 Å². The van der Waals surface area contributed by atoms with Crippen LogP contribution in [0.2, 0.25) is 0 Å². The molecule has 0 spiro atoms. The van der Waals surface area contributed by atoms with Gasteiger partial charge in [0.15, 0.2) is 0 Å². The Kier molecular flexibility index (Phi) is 4.39. The lowest BCUT2D eigenvalue weighted by Crippen LogP contribution is -2.40.